The summed E-state index contributed by atoms with van der Waals surface area (Å²) in [6, 6.07) is 7.61. The number of methoxy groups -OCH3 is 1. The Hall–Kier alpha value is -1.97. The number of ether oxygens (including phenoxy) is 1. The van der Waals surface area contributed by atoms with Gasteiger partial charge in [-0.3, -0.25) is 0 Å². The minimum Gasteiger partial charge on any atom is -0.465 e. The Morgan fingerprint density at radius 3 is 2.80 bits per heavy atom. The molecule has 0 saturated carbocycles. The van der Waals surface area contributed by atoms with E-state index in [1.54, 1.807) is 7.05 Å². The number of carbonyl (C=O) groups excluding carboxylic acids is 1. The molecule has 15 heavy (non-hydrogen) atoms. The number of fused-ring (bicyclic) bond motifs is 1. The molecule has 2 N–H and O–H groups in total. The molecule has 0 aliphatic carbocycles. The molecule has 0 radical (unpaired) electrons. The molecule has 0 atom stereocenters. The van der Waals surface area contributed by atoms with Crippen molar-refractivity contribution in [2.24, 2.45) is 0 Å². The number of carbonyl (C=O) groups is 1. The van der Waals surface area contributed by atoms with Crippen molar-refractivity contribution in [3.63, 3.8) is 0 Å². The molecular formula is C11H12N2O2. The molecule has 78 valence electrons. The highest BCUT2D eigenvalue weighted by molar-refractivity contribution is 6.09. The first kappa shape index (κ1) is 9.58. The van der Waals surface area contributed by atoms with Gasteiger partial charge in [-0.15, -0.1) is 0 Å². The van der Waals surface area contributed by atoms with Crippen LogP contribution in [-0.4, -0.2) is 25.1 Å². The van der Waals surface area contributed by atoms with Crippen molar-refractivity contribution >= 4 is 22.7 Å². The normalized spacial score (nSPS) is 10.3. The van der Waals surface area contributed by atoms with E-state index in [2.05, 4.69) is 10.3 Å². The highest BCUT2D eigenvalue weighted by atomic mass is 16.5. The Labute approximate surface area is 87.2 Å². The molecule has 2 aromatic rings. The number of aromatic amines is 1. The third-order valence-corrected chi connectivity index (χ3v) is 2.35. The molecule has 0 amide bonds. The number of aromatic nitrogens is 1. The maximum absolute atomic E-state index is 11.6. The maximum Gasteiger partial charge on any atom is 0.342 e. The van der Waals surface area contributed by atoms with Gasteiger partial charge in [0.25, 0.3) is 0 Å². The molecule has 0 spiro atoms. The van der Waals surface area contributed by atoms with Crippen LogP contribution in [0.3, 0.4) is 0 Å². The number of esters is 1. The van der Waals surface area contributed by atoms with E-state index in [1.165, 1.54) is 7.11 Å². The number of hydrogen-bond donors (Lipinski definition) is 2. The summed E-state index contributed by atoms with van der Waals surface area (Å²) < 4.78 is 4.75. The van der Waals surface area contributed by atoms with Gasteiger partial charge in [-0.2, -0.15) is 0 Å². The fraction of sp³-hybridized carbons (Fsp3) is 0.182. The van der Waals surface area contributed by atoms with Crippen LogP contribution in [0.4, 0.5) is 5.82 Å². The zero-order valence-electron chi connectivity index (χ0n) is 8.63. The van der Waals surface area contributed by atoms with Gasteiger partial charge in [0.15, 0.2) is 0 Å². The molecule has 0 aliphatic heterocycles. The fourth-order valence-corrected chi connectivity index (χ4v) is 1.64. The summed E-state index contributed by atoms with van der Waals surface area (Å²) in [5, 5.41) is 3.81. The van der Waals surface area contributed by atoms with Gasteiger partial charge in [0.2, 0.25) is 0 Å². The van der Waals surface area contributed by atoms with Crippen molar-refractivity contribution in [3.05, 3.63) is 29.8 Å². The van der Waals surface area contributed by atoms with Gasteiger partial charge < -0.3 is 15.0 Å². The third-order valence-electron chi connectivity index (χ3n) is 2.35. The van der Waals surface area contributed by atoms with Gasteiger partial charge in [-0.05, 0) is 6.07 Å². The lowest BCUT2D eigenvalue weighted by molar-refractivity contribution is 0.0604. The van der Waals surface area contributed by atoms with Crippen LogP contribution in [-0.2, 0) is 4.74 Å². The van der Waals surface area contributed by atoms with Crippen molar-refractivity contribution in [3.8, 4) is 0 Å². The first-order valence-electron chi connectivity index (χ1n) is 4.64. The molecule has 1 aromatic carbocycles. The van der Waals surface area contributed by atoms with Crippen LogP contribution in [0.5, 0.6) is 0 Å². The number of anilines is 1. The van der Waals surface area contributed by atoms with Crippen LogP contribution in [0.2, 0.25) is 0 Å². The fourth-order valence-electron chi connectivity index (χ4n) is 1.64. The number of rotatable bonds is 2. The highest BCUT2D eigenvalue weighted by Gasteiger charge is 2.17. The van der Waals surface area contributed by atoms with Crippen molar-refractivity contribution in [2.75, 3.05) is 19.5 Å². The van der Waals surface area contributed by atoms with Crippen LogP contribution in [0, 0.1) is 0 Å². The van der Waals surface area contributed by atoms with Crippen LogP contribution in [0.1, 0.15) is 10.4 Å². The van der Waals surface area contributed by atoms with E-state index in [1.807, 2.05) is 24.3 Å². The number of H-pyrrole nitrogens is 1. The molecule has 0 saturated heterocycles. The van der Waals surface area contributed by atoms with Crippen LogP contribution >= 0.6 is 0 Å². The summed E-state index contributed by atoms with van der Waals surface area (Å²) in [4.78, 5) is 14.7. The predicted octanol–water partition coefficient (Wildman–Crippen LogP) is 2.00. The summed E-state index contributed by atoms with van der Waals surface area (Å²) in [5.74, 6) is 0.347. The van der Waals surface area contributed by atoms with E-state index in [9.17, 15) is 4.79 Å². The largest absolute Gasteiger partial charge is 0.465 e. The summed E-state index contributed by atoms with van der Waals surface area (Å²) >= 11 is 0. The van der Waals surface area contributed by atoms with E-state index < -0.39 is 0 Å². The Morgan fingerprint density at radius 1 is 1.40 bits per heavy atom. The first-order chi connectivity index (χ1) is 7.27. The van der Waals surface area contributed by atoms with E-state index in [0.29, 0.717) is 11.4 Å². The second-order valence-corrected chi connectivity index (χ2v) is 3.16. The highest BCUT2D eigenvalue weighted by Crippen LogP contribution is 2.26. The number of nitrogens with one attached hydrogen (secondary N) is 2. The second kappa shape index (κ2) is 3.65. The quantitative estimate of drug-likeness (QED) is 0.735. The maximum atomic E-state index is 11.6. The summed E-state index contributed by atoms with van der Waals surface area (Å²) in [6.07, 6.45) is 0. The molecule has 0 unspecified atom stereocenters. The second-order valence-electron chi connectivity index (χ2n) is 3.16. The lowest BCUT2D eigenvalue weighted by Crippen LogP contribution is -2.04. The van der Waals surface area contributed by atoms with Gasteiger partial charge in [-0.25, -0.2) is 4.79 Å². The Morgan fingerprint density at radius 2 is 2.13 bits per heavy atom. The molecule has 0 bridgehead atoms. The molecule has 1 heterocycles. The topological polar surface area (TPSA) is 54.1 Å². The first-order valence-corrected chi connectivity index (χ1v) is 4.64. The van der Waals surface area contributed by atoms with Gasteiger partial charge in [-0.1, -0.05) is 18.2 Å². The zero-order chi connectivity index (χ0) is 10.8. The summed E-state index contributed by atoms with van der Waals surface area (Å²) in [7, 11) is 3.14. The molecule has 0 fully saturated rings. The molecular weight excluding hydrogens is 192 g/mol. The number of benzene rings is 1. The molecule has 0 aliphatic rings. The minimum absolute atomic E-state index is 0.336. The van der Waals surface area contributed by atoms with Crippen molar-refractivity contribution < 1.29 is 9.53 Å². The van der Waals surface area contributed by atoms with Gasteiger partial charge in [0, 0.05) is 18.0 Å². The molecule has 4 nitrogen and oxygen atoms in total. The van der Waals surface area contributed by atoms with E-state index in [-0.39, 0.29) is 5.97 Å². The van der Waals surface area contributed by atoms with E-state index >= 15 is 0 Å². The SMILES string of the molecule is CNc1[nH]c2ccccc2c1C(=O)OC. The predicted molar refractivity (Wildman–Crippen MR) is 59.2 cm³/mol. The summed E-state index contributed by atoms with van der Waals surface area (Å²) in [5.41, 5.74) is 1.47. The van der Waals surface area contributed by atoms with E-state index in [4.69, 9.17) is 4.74 Å². The Balaban J connectivity index is 2.72. The number of hydrogen-bond acceptors (Lipinski definition) is 3. The summed E-state index contributed by atoms with van der Waals surface area (Å²) in [6.45, 7) is 0. The van der Waals surface area contributed by atoms with Gasteiger partial charge in [0.05, 0.1) is 7.11 Å². The monoisotopic (exact) mass is 204 g/mol. The average Bonchev–Trinajstić information content (AvgIpc) is 2.66. The van der Waals surface area contributed by atoms with E-state index in [0.717, 1.165) is 10.9 Å². The lowest BCUT2D eigenvalue weighted by Gasteiger charge is -2.00. The van der Waals surface area contributed by atoms with Crippen LogP contribution in [0.15, 0.2) is 24.3 Å². The molecule has 4 heteroatoms. The third kappa shape index (κ3) is 1.44. The molecule has 2 rings (SSSR count). The lowest BCUT2D eigenvalue weighted by atomic mass is 10.1. The van der Waals surface area contributed by atoms with Crippen molar-refractivity contribution in [1.82, 2.24) is 4.98 Å². The average molecular weight is 204 g/mol. The van der Waals surface area contributed by atoms with Crippen molar-refractivity contribution in [2.45, 2.75) is 0 Å². The van der Waals surface area contributed by atoms with Gasteiger partial charge >= 0.3 is 5.97 Å². The van der Waals surface area contributed by atoms with Crippen LogP contribution < -0.4 is 5.32 Å². The van der Waals surface area contributed by atoms with Crippen LogP contribution in [0.25, 0.3) is 10.9 Å². The zero-order valence-corrected chi connectivity index (χ0v) is 8.63. The standard InChI is InChI=1S/C11H12N2O2/c1-12-10-9(11(14)15-2)7-5-3-4-6-8(7)13-10/h3-6,12-13H,1-2H3. The Kier molecular flexibility index (Phi) is 2.33. The molecule has 1 aromatic heterocycles. The minimum atomic E-state index is -0.336. The number of para-hydroxylation sites is 1. The Bertz CT molecular complexity index is 502. The van der Waals surface area contributed by atoms with Crippen molar-refractivity contribution in [1.29, 1.82) is 0 Å². The smallest absolute Gasteiger partial charge is 0.342 e. The van der Waals surface area contributed by atoms with Gasteiger partial charge in [0.1, 0.15) is 11.4 Å².